The quantitative estimate of drug-likeness (QED) is 0.921. The molecule has 0 bridgehead atoms. The molecule has 0 amide bonds. The van der Waals surface area contributed by atoms with Gasteiger partial charge in [0.1, 0.15) is 4.90 Å². The average Bonchev–Trinajstić information content (AvgIpc) is 2.82. The van der Waals surface area contributed by atoms with Crippen LogP contribution in [0.25, 0.3) is 0 Å². The van der Waals surface area contributed by atoms with Gasteiger partial charge in [-0.3, -0.25) is 0 Å². The van der Waals surface area contributed by atoms with Crippen LogP contribution < -0.4 is 4.72 Å². The van der Waals surface area contributed by atoms with E-state index < -0.39 is 10.0 Å². The number of rotatable bonds is 4. The first kappa shape index (κ1) is 15.3. The molecule has 4 nitrogen and oxygen atoms in total. The lowest BCUT2D eigenvalue weighted by molar-refractivity contribution is 0.582. The molecule has 2 aromatic rings. The largest absolute Gasteiger partial charge is 0.242 e. The number of nitrogens with zero attached hydrogens (tertiary/aromatic N) is 1. The zero-order chi connectivity index (χ0) is 14.8. The molecule has 1 N–H and O–H groups in total. The molecular weight excluding hydrogens is 339 g/mol. The highest BCUT2D eigenvalue weighted by Gasteiger charge is 2.18. The van der Waals surface area contributed by atoms with Crippen molar-refractivity contribution in [2.75, 3.05) is 0 Å². The summed E-state index contributed by atoms with van der Waals surface area (Å²) in [6.45, 7) is 0.135. The van der Waals surface area contributed by atoms with Crippen molar-refractivity contribution >= 4 is 44.6 Å². The summed E-state index contributed by atoms with van der Waals surface area (Å²) in [4.78, 5) is 0.740. The third kappa shape index (κ3) is 3.51. The van der Waals surface area contributed by atoms with Crippen molar-refractivity contribution in [3.05, 3.63) is 50.1 Å². The summed E-state index contributed by atoms with van der Waals surface area (Å²) >= 11 is 13.0. The number of hydrogen-bond donors (Lipinski definition) is 1. The minimum atomic E-state index is -3.73. The monoisotopic (exact) mass is 346 g/mol. The van der Waals surface area contributed by atoms with E-state index in [0.717, 1.165) is 4.88 Å². The number of benzene rings is 1. The molecule has 0 atom stereocenters. The minimum absolute atomic E-state index is 0.0146. The van der Waals surface area contributed by atoms with Crippen LogP contribution >= 0.6 is 34.5 Å². The van der Waals surface area contributed by atoms with Gasteiger partial charge in [0.05, 0.1) is 21.0 Å². The van der Waals surface area contributed by atoms with Gasteiger partial charge in [0.25, 0.3) is 0 Å². The second kappa shape index (κ2) is 6.12. The van der Waals surface area contributed by atoms with E-state index in [0.29, 0.717) is 9.90 Å². The lowest BCUT2D eigenvalue weighted by Gasteiger charge is -2.07. The molecule has 0 saturated carbocycles. The summed E-state index contributed by atoms with van der Waals surface area (Å²) < 4.78 is 27.3. The zero-order valence-electron chi connectivity index (χ0n) is 9.93. The average molecular weight is 347 g/mol. The molecule has 0 spiro atoms. The predicted molar refractivity (Wildman–Crippen MR) is 79.5 cm³/mol. The Bertz CT molecular complexity index is 779. The summed E-state index contributed by atoms with van der Waals surface area (Å²) in [6, 6.07) is 9.37. The van der Waals surface area contributed by atoms with Gasteiger partial charge in [-0.05, 0) is 30.3 Å². The normalized spacial score (nSPS) is 11.2. The molecule has 20 heavy (non-hydrogen) atoms. The van der Waals surface area contributed by atoms with Gasteiger partial charge in [-0.25, -0.2) is 13.1 Å². The molecule has 0 fully saturated rings. The Morgan fingerprint density at radius 1 is 1.25 bits per heavy atom. The number of halogens is 2. The van der Waals surface area contributed by atoms with Gasteiger partial charge >= 0.3 is 0 Å². The van der Waals surface area contributed by atoms with E-state index in [1.807, 2.05) is 6.07 Å². The number of nitrogens with one attached hydrogen (secondary N) is 1. The van der Waals surface area contributed by atoms with Gasteiger partial charge in [0.15, 0.2) is 0 Å². The predicted octanol–water partition coefficient (Wildman–Crippen LogP) is 3.41. The summed E-state index contributed by atoms with van der Waals surface area (Å²) in [6.07, 6.45) is 0. The Morgan fingerprint density at radius 3 is 2.55 bits per heavy atom. The van der Waals surface area contributed by atoms with E-state index in [-0.39, 0.29) is 16.5 Å². The Balaban J connectivity index is 2.20. The lowest BCUT2D eigenvalue weighted by atomic mass is 10.2. The second-order valence-corrected chi connectivity index (χ2v) is 7.73. The Labute approximate surface area is 130 Å². The third-order valence-corrected chi connectivity index (χ3v) is 5.53. The fraction of sp³-hybridized carbons (Fsp3) is 0.0833. The minimum Gasteiger partial charge on any atom is -0.207 e. The highest BCUT2D eigenvalue weighted by molar-refractivity contribution is 7.89. The molecule has 104 valence electrons. The molecule has 2 rings (SSSR count). The molecule has 0 radical (unpaired) electrons. The van der Waals surface area contributed by atoms with Crippen LogP contribution in [0.2, 0.25) is 9.36 Å². The first-order chi connectivity index (χ1) is 9.42. The molecule has 0 aliphatic rings. The van der Waals surface area contributed by atoms with Crippen LogP contribution in [0.3, 0.4) is 0 Å². The molecule has 1 aromatic heterocycles. The van der Waals surface area contributed by atoms with Crippen LogP contribution in [0.15, 0.2) is 35.2 Å². The van der Waals surface area contributed by atoms with Crippen molar-refractivity contribution in [3.63, 3.8) is 0 Å². The third-order valence-electron chi connectivity index (χ3n) is 2.42. The number of hydrogen-bond acceptors (Lipinski definition) is 4. The zero-order valence-corrected chi connectivity index (χ0v) is 13.1. The fourth-order valence-corrected chi connectivity index (χ4v) is 4.15. The van der Waals surface area contributed by atoms with Crippen molar-refractivity contribution in [1.82, 2.24) is 4.72 Å². The Morgan fingerprint density at radius 2 is 2.00 bits per heavy atom. The molecule has 0 saturated heterocycles. The van der Waals surface area contributed by atoms with Crippen molar-refractivity contribution in [2.45, 2.75) is 11.4 Å². The van der Waals surface area contributed by atoms with E-state index in [1.54, 1.807) is 12.1 Å². The van der Waals surface area contributed by atoms with E-state index >= 15 is 0 Å². The molecular formula is C12H8Cl2N2O2S2. The van der Waals surface area contributed by atoms with Gasteiger partial charge in [-0.15, -0.1) is 11.3 Å². The van der Waals surface area contributed by atoms with Crippen molar-refractivity contribution < 1.29 is 8.42 Å². The molecule has 1 heterocycles. The lowest BCUT2D eigenvalue weighted by Crippen LogP contribution is -2.23. The van der Waals surface area contributed by atoms with E-state index in [4.69, 9.17) is 28.5 Å². The molecule has 8 heteroatoms. The number of sulfonamides is 1. The van der Waals surface area contributed by atoms with Crippen molar-refractivity contribution in [2.24, 2.45) is 0 Å². The topological polar surface area (TPSA) is 70.0 Å². The summed E-state index contributed by atoms with van der Waals surface area (Å²) in [5.41, 5.74) is 0.305. The maximum atomic E-state index is 12.1. The summed E-state index contributed by atoms with van der Waals surface area (Å²) in [5.74, 6) is 0. The number of thiophene rings is 1. The summed E-state index contributed by atoms with van der Waals surface area (Å²) in [5, 5.41) is 8.74. The van der Waals surface area contributed by atoms with Gasteiger partial charge in [-0.1, -0.05) is 23.2 Å². The molecule has 0 unspecified atom stereocenters. The SMILES string of the molecule is N#Cc1ccc(S(=O)(=O)NCc2ccc(Cl)s2)c(Cl)c1. The van der Waals surface area contributed by atoms with Crippen LogP contribution in [0.5, 0.6) is 0 Å². The standard InChI is InChI=1S/C12H8Cl2N2O2S2/c13-10-5-8(6-15)1-3-11(10)20(17,18)16-7-9-2-4-12(14)19-9/h1-5,16H,7H2. The molecule has 0 aliphatic heterocycles. The first-order valence-corrected chi connectivity index (χ1v) is 8.41. The van der Waals surface area contributed by atoms with Crippen molar-refractivity contribution in [1.29, 1.82) is 5.26 Å². The first-order valence-electron chi connectivity index (χ1n) is 5.36. The molecule has 0 aliphatic carbocycles. The van der Waals surface area contributed by atoms with Crippen LogP contribution in [0, 0.1) is 11.3 Å². The van der Waals surface area contributed by atoms with Gasteiger partial charge < -0.3 is 0 Å². The molecule has 1 aromatic carbocycles. The highest BCUT2D eigenvalue weighted by atomic mass is 35.5. The van der Waals surface area contributed by atoms with Gasteiger partial charge in [-0.2, -0.15) is 5.26 Å². The van der Waals surface area contributed by atoms with Crippen LogP contribution in [-0.4, -0.2) is 8.42 Å². The van der Waals surface area contributed by atoms with Gasteiger partial charge in [0.2, 0.25) is 10.0 Å². The van der Waals surface area contributed by atoms with E-state index in [1.165, 1.54) is 29.5 Å². The second-order valence-electron chi connectivity index (χ2n) is 3.79. The highest BCUT2D eigenvalue weighted by Crippen LogP contribution is 2.24. The number of nitriles is 1. The van der Waals surface area contributed by atoms with E-state index in [2.05, 4.69) is 4.72 Å². The van der Waals surface area contributed by atoms with E-state index in [9.17, 15) is 8.42 Å². The van der Waals surface area contributed by atoms with Crippen molar-refractivity contribution in [3.8, 4) is 6.07 Å². The maximum Gasteiger partial charge on any atom is 0.242 e. The maximum absolute atomic E-state index is 12.1. The Hall–Kier alpha value is -1.10. The Kier molecular flexibility index (Phi) is 4.68. The fourth-order valence-electron chi connectivity index (χ4n) is 1.48. The summed E-state index contributed by atoms with van der Waals surface area (Å²) in [7, 11) is -3.73. The van der Waals surface area contributed by atoms with Crippen LogP contribution in [0.4, 0.5) is 0 Å². The van der Waals surface area contributed by atoms with Gasteiger partial charge in [0, 0.05) is 11.4 Å². The van der Waals surface area contributed by atoms with Crippen LogP contribution in [-0.2, 0) is 16.6 Å². The smallest absolute Gasteiger partial charge is 0.207 e. The van der Waals surface area contributed by atoms with Crippen LogP contribution in [0.1, 0.15) is 10.4 Å².